The van der Waals surface area contributed by atoms with E-state index in [1.165, 1.54) is 25.7 Å². The van der Waals surface area contributed by atoms with E-state index in [9.17, 15) is 0 Å². The quantitative estimate of drug-likeness (QED) is 0.909. The van der Waals surface area contributed by atoms with Crippen molar-refractivity contribution in [1.29, 1.82) is 0 Å². The molecule has 0 spiro atoms. The summed E-state index contributed by atoms with van der Waals surface area (Å²) < 4.78 is 2.01. The molecule has 1 saturated carbocycles. The van der Waals surface area contributed by atoms with E-state index < -0.39 is 0 Å². The number of aryl methyl sites for hydroxylation is 1. The number of rotatable bonds is 5. The zero-order valence-electron chi connectivity index (χ0n) is 11.7. The predicted octanol–water partition coefficient (Wildman–Crippen LogP) is 2.99. The predicted molar refractivity (Wildman–Crippen MR) is 78.4 cm³/mol. The number of aliphatic hydroxyl groups is 1. The first kappa shape index (κ1) is 13.3. The number of hydrogen-bond acceptors (Lipinski definition) is 3. The third-order valence-electron chi connectivity index (χ3n) is 3.98. The fourth-order valence-electron chi connectivity index (χ4n) is 2.93. The molecule has 4 heteroatoms. The van der Waals surface area contributed by atoms with Crippen LogP contribution in [0.15, 0.2) is 30.3 Å². The van der Waals surface area contributed by atoms with Crippen LogP contribution in [0.25, 0.3) is 11.4 Å². The lowest BCUT2D eigenvalue weighted by molar-refractivity contribution is 0.275. The van der Waals surface area contributed by atoms with E-state index in [1.807, 2.05) is 35.0 Å². The molecule has 1 N–H and O–H groups in total. The van der Waals surface area contributed by atoms with Gasteiger partial charge in [0.1, 0.15) is 5.82 Å². The van der Waals surface area contributed by atoms with Crippen LogP contribution in [0.1, 0.15) is 43.8 Å². The maximum Gasteiger partial charge on any atom is 0.181 e. The van der Waals surface area contributed by atoms with E-state index in [0.717, 1.165) is 30.2 Å². The second-order valence-corrected chi connectivity index (χ2v) is 5.44. The zero-order valence-corrected chi connectivity index (χ0v) is 11.7. The average Bonchev–Trinajstić information content (AvgIpc) is 3.15. The van der Waals surface area contributed by atoms with Crippen LogP contribution in [0, 0.1) is 0 Å². The second kappa shape index (κ2) is 6.18. The molecule has 0 aliphatic heterocycles. The van der Waals surface area contributed by atoms with Crippen molar-refractivity contribution in [3.05, 3.63) is 36.2 Å². The summed E-state index contributed by atoms with van der Waals surface area (Å²) in [6.45, 7) is 0.951. The molecule has 20 heavy (non-hydrogen) atoms. The summed E-state index contributed by atoms with van der Waals surface area (Å²) in [6, 6.07) is 10.1. The Morgan fingerprint density at radius 2 is 1.90 bits per heavy atom. The topological polar surface area (TPSA) is 50.9 Å². The molecule has 1 aromatic heterocycles. The van der Waals surface area contributed by atoms with Crippen LogP contribution in [0.5, 0.6) is 0 Å². The van der Waals surface area contributed by atoms with Gasteiger partial charge < -0.3 is 5.11 Å². The van der Waals surface area contributed by atoms with Crippen LogP contribution in [0.3, 0.4) is 0 Å². The highest BCUT2D eigenvalue weighted by Gasteiger charge is 2.23. The van der Waals surface area contributed by atoms with E-state index >= 15 is 0 Å². The summed E-state index contributed by atoms with van der Waals surface area (Å²) >= 11 is 0. The molecule has 0 bridgehead atoms. The third-order valence-corrected chi connectivity index (χ3v) is 3.98. The van der Waals surface area contributed by atoms with Gasteiger partial charge in [-0.05, 0) is 19.3 Å². The number of benzene rings is 1. The maximum absolute atomic E-state index is 9.05. The van der Waals surface area contributed by atoms with Crippen LogP contribution in [0.4, 0.5) is 0 Å². The zero-order chi connectivity index (χ0) is 13.8. The highest BCUT2D eigenvalue weighted by molar-refractivity contribution is 5.54. The van der Waals surface area contributed by atoms with Crippen LogP contribution >= 0.6 is 0 Å². The molecular formula is C16H21N3O. The summed E-state index contributed by atoms with van der Waals surface area (Å²) in [7, 11) is 0. The van der Waals surface area contributed by atoms with Crippen molar-refractivity contribution in [2.75, 3.05) is 6.61 Å². The Labute approximate surface area is 119 Å². The smallest absolute Gasteiger partial charge is 0.181 e. The number of nitrogens with zero attached hydrogens (tertiary/aromatic N) is 3. The van der Waals surface area contributed by atoms with E-state index in [0.29, 0.717) is 5.92 Å². The molecule has 0 amide bonds. The lowest BCUT2D eigenvalue weighted by atomic mass is 10.1. The van der Waals surface area contributed by atoms with Gasteiger partial charge in [0.2, 0.25) is 0 Å². The van der Waals surface area contributed by atoms with Gasteiger partial charge in [-0.1, -0.05) is 43.2 Å². The van der Waals surface area contributed by atoms with Crippen molar-refractivity contribution >= 4 is 0 Å². The molecule has 3 rings (SSSR count). The monoisotopic (exact) mass is 271 g/mol. The minimum Gasteiger partial charge on any atom is -0.396 e. The van der Waals surface area contributed by atoms with Gasteiger partial charge in [0.05, 0.1) is 0 Å². The first-order chi connectivity index (χ1) is 9.88. The Morgan fingerprint density at radius 1 is 1.15 bits per heavy atom. The Balaban J connectivity index is 1.92. The Hall–Kier alpha value is -1.68. The van der Waals surface area contributed by atoms with Gasteiger partial charge in [-0.3, -0.25) is 0 Å². The second-order valence-electron chi connectivity index (χ2n) is 5.44. The molecule has 4 nitrogen and oxygen atoms in total. The molecule has 1 aromatic carbocycles. The molecule has 0 unspecified atom stereocenters. The Morgan fingerprint density at radius 3 is 2.60 bits per heavy atom. The first-order valence-corrected chi connectivity index (χ1v) is 7.49. The molecule has 0 atom stereocenters. The number of aromatic nitrogens is 3. The third kappa shape index (κ3) is 2.75. The maximum atomic E-state index is 9.05. The van der Waals surface area contributed by atoms with E-state index in [-0.39, 0.29) is 6.61 Å². The lowest BCUT2D eigenvalue weighted by Gasteiger charge is -2.09. The summed E-state index contributed by atoms with van der Waals surface area (Å²) in [5.74, 6) is 2.46. The van der Waals surface area contributed by atoms with Crippen molar-refractivity contribution in [1.82, 2.24) is 14.8 Å². The molecule has 1 aliphatic carbocycles. The molecule has 1 fully saturated rings. The summed E-state index contributed by atoms with van der Waals surface area (Å²) in [5.41, 5.74) is 1.06. The Kier molecular flexibility index (Phi) is 4.11. The summed E-state index contributed by atoms with van der Waals surface area (Å²) in [5, 5.41) is 13.7. The number of hydrogen-bond donors (Lipinski definition) is 1. The molecule has 2 aromatic rings. The van der Waals surface area contributed by atoms with Gasteiger partial charge >= 0.3 is 0 Å². The van der Waals surface area contributed by atoms with E-state index in [1.54, 1.807) is 0 Å². The van der Waals surface area contributed by atoms with Crippen LogP contribution in [0.2, 0.25) is 0 Å². The first-order valence-electron chi connectivity index (χ1n) is 7.49. The van der Waals surface area contributed by atoms with Gasteiger partial charge in [-0.2, -0.15) is 5.10 Å². The van der Waals surface area contributed by atoms with Crippen LogP contribution < -0.4 is 0 Å². The molecule has 1 heterocycles. The number of aliphatic hydroxyl groups excluding tert-OH is 1. The fraction of sp³-hybridized carbons (Fsp3) is 0.500. The molecule has 106 valence electrons. The van der Waals surface area contributed by atoms with Crippen molar-refractivity contribution in [3.63, 3.8) is 0 Å². The standard InChI is InChI=1S/C16H21N3O/c20-12-6-11-19-16(14-9-4-5-10-14)17-15(18-19)13-7-2-1-3-8-13/h1-3,7-8,14,20H,4-6,9-12H2. The van der Waals surface area contributed by atoms with Crippen LogP contribution in [-0.4, -0.2) is 26.5 Å². The van der Waals surface area contributed by atoms with Gasteiger partial charge in [0, 0.05) is 24.6 Å². The van der Waals surface area contributed by atoms with E-state index in [4.69, 9.17) is 10.1 Å². The average molecular weight is 271 g/mol. The van der Waals surface area contributed by atoms with Gasteiger partial charge in [-0.15, -0.1) is 0 Å². The van der Waals surface area contributed by atoms with Crippen molar-refractivity contribution in [2.45, 2.75) is 44.6 Å². The molecule has 1 aliphatic rings. The van der Waals surface area contributed by atoms with E-state index in [2.05, 4.69) is 5.10 Å². The highest BCUT2D eigenvalue weighted by atomic mass is 16.3. The summed E-state index contributed by atoms with van der Waals surface area (Å²) in [4.78, 5) is 4.79. The largest absolute Gasteiger partial charge is 0.396 e. The van der Waals surface area contributed by atoms with Gasteiger partial charge in [0.15, 0.2) is 5.82 Å². The van der Waals surface area contributed by atoms with Crippen molar-refractivity contribution in [2.24, 2.45) is 0 Å². The highest BCUT2D eigenvalue weighted by Crippen LogP contribution is 2.34. The molecular weight excluding hydrogens is 250 g/mol. The van der Waals surface area contributed by atoms with Gasteiger partial charge in [0.25, 0.3) is 0 Å². The minimum absolute atomic E-state index is 0.199. The van der Waals surface area contributed by atoms with Gasteiger partial charge in [-0.25, -0.2) is 9.67 Å². The van der Waals surface area contributed by atoms with Crippen molar-refractivity contribution < 1.29 is 5.11 Å². The SMILES string of the molecule is OCCCn1nc(-c2ccccc2)nc1C1CCCC1. The molecule has 0 radical (unpaired) electrons. The summed E-state index contributed by atoms with van der Waals surface area (Å²) in [6.07, 6.45) is 5.74. The van der Waals surface area contributed by atoms with Crippen molar-refractivity contribution in [3.8, 4) is 11.4 Å². The fourth-order valence-corrected chi connectivity index (χ4v) is 2.93. The normalized spacial score (nSPS) is 15.8. The van der Waals surface area contributed by atoms with Crippen LogP contribution in [-0.2, 0) is 6.54 Å². The Bertz CT molecular complexity index is 544. The minimum atomic E-state index is 0.199. The lowest BCUT2D eigenvalue weighted by Crippen LogP contribution is -2.09. The molecule has 0 saturated heterocycles.